The Bertz CT molecular complexity index is 702. The van der Waals surface area contributed by atoms with Crippen molar-refractivity contribution in [3.8, 4) is 0 Å². The number of amides is 1. The van der Waals surface area contributed by atoms with Crippen molar-refractivity contribution >= 4 is 34.2 Å². The molecule has 1 amide bonds. The number of carbonyl (C=O) groups is 1. The number of likely N-dealkylation sites (tertiary alicyclic amines) is 1. The molecule has 116 valence electrons. The van der Waals surface area contributed by atoms with Crippen LogP contribution in [0.5, 0.6) is 0 Å². The first kappa shape index (κ1) is 15.1. The SMILES string of the molecule is Cc1cc(NCCN2CCCCC2=O)nc2ccc(Cl)cc12. The maximum atomic E-state index is 11.8. The fourth-order valence-electron chi connectivity index (χ4n) is 2.87. The zero-order valence-corrected chi connectivity index (χ0v) is 13.5. The van der Waals surface area contributed by atoms with Crippen molar-refractivity contribution in [1.29, 1.82) is 0 Å². The molecular formula is C17H20ClN3O. The molecule has 22 heavy (non-hydrogen) atoms. The number of hydrogen-bond acceptors (Lipinski definition) is 3. The zero-order valence-electron chi connectivity index (χ0n) is 12.7. The molecule has 0 unspecified atom stereocenters. The predicted molar refractivity (Wildman–Crippen MR) is 90.4 cm³/mol. The molecule has 5 heteroatoms. The van der Waals surface area contributed by atoms with Crippen molar-refractivity contribution in [2.24, 2.45) is 0 Å². The number of nitrogens with one attached hydrogen (secondary N) is 1. The first-order valence-corrected chi connectivity index (χ1v) is 8.10. The molecule has 2 heterocycles. The molecule has 0 radical (unpaired) electrons. The van der Waals surface area contributed by atoms with E-state index in [9.17, 15) is 4.79 Å². The van der Waals surface area contributed by atoms with Crippen LogP contribution in [0.2, 0.25) is 5.02 Å². The summed E-state index contributed by atoms with van der Waals surface area (Å²) in [6.07, 6.45) is 2.82. The summed E-state index contributed by atoms with van der Waals surface area (Å²) in [7, 11) is 0. The van der Waals surface area contributed by atoms with E-state index in [1.807, 2.05) is 29.2 Å². The van der Waals surface area contributed by atoms with E-state index in [4.69, 9.17) is 11.6 Å². The van der Waals surface area contributed by atoms with Crippen LogP contribution in [0.4, 0.5) is 5.82 Å². The van der Waals surface area contributed by atoms with E-state index in [2.05, 4.69) is 17.2 Å². The van der Waals surface area contributed by atoms with Crippen molar-refractivity contribution in [3.63, 3.8) is 0 Å². The maximum absolute atomic E-state index is 11.8. The van der Waals surface area contributed by atoms with Crippen LogP contribution in [-0.4, -0.2) is 35.4 Å². The number of hydrogen-bond donors (Lipinski definition) is 1. The van der Waals surface area contributed by atoms with Gasteiger partial charge in [-0.2, -0.15) is 0 Å². The Morgan fingerprint density at radius 1 is 1.32 bits per heavy atom. The number of anilines is 1. The molecule has 1 aromatic heterocycles. The van der Waals surface area contributed by atoms with Gasteiger partial charge in [0.15, 0.2) is 0 Å². The third kappa shape index (κ3) is 3.33. The van der Waals surface area contributed by atoms with E-state index in [0.29, 0.717) is 6.42 Å². The van der Waals surface area contributed by atoms with Crippen LogP contribution in [0.3, 0.4) is 0 Å². The summed E-state index contributed by atoms with van der Waals surface area (Å²) < 4.78 is 0. The Balaban J connectivity index is 1.66. The second-order valence-electron chi connectivity index (χ2n) is 5.75. The van der Waals surface area contributed by atoms with E-state index in [0.717, 1.165) is 59.8 Å². The summed E-state index contributed by atoms with van der Waals surface area (Å²) in [5.74, 6) is 1.11. The van der Waals surface area contributed by atoms with E-state index in [1.54, 1.807) is 0 Å². The smallest absolute Gasteiger partial charge is 0.222 e. The van der Waals surface area contributed by atoms with Crippen LogP contribution < -0.4 is 5.32 Å². The highest BCUT2D eigenvalue weighted by atomic mass is 35.5. The Morgan fingerprint density at radius 2 is 2.18 bits per heavy atom. The Kier molecular flexibility index (Phi) is 4.48. The highest BCUT2D eigenvalue weighted by Crippen LogP contribution is 2.23. The number of benzene rings is 1. The molecule has 0 aliphatic carbocycles. The minimum absolute atomic E-state index is 0.269. The Hall–Kier alpha value is -1.81. The first-order valence-electron chi connectivity index (χ1n) is 7.72. The summed E-state index contributed by atoms with van der Waals surface area (Å²) >= 11 is 6.03. The second-order valence-corrected chi connectivity index (χ2v) is 6.19. The average molecular weight is 318 g/mol. The first-order chi connectivity index (χ1) is 10.6. The summed E-state index contributed by atoms with van der Waals surface area (Å²) in [4.78, 5) is 18.3. The summed E-state index contributed by atoms with van der Waals surface area (Å²) in [5, 5.41) is 5.12. The van der Waals surface area contributed by atoms with Crippen LogP contribution in [0.1, 0.15) is 24.8 Å². The van der Waals surface area contributed by atoms with Crippen LogP contribution in [0.25, 0.3) is 10.9 Å². The van der Waals surface area contributed by atoms with E-state index in [1.165, 1.54) is 0 Å². The van der Waals surface area contributed by atoms with Gasteiger partial charge in [-0.1, -0.05) is 11.6 Å². The molecule has 1 saturated heterocycles. The van der Waals surface area contributed by atoms with Crippen LogP contribution in [0.15, 0.2) is 24.3 Å². The molecule has 2 aromatic rings. The normalized spacial score (nSPS) is 15.4. The molecule has 3 rings (SSSR count). The highest BCUT2D eigenvalue weighted by molar-refractivity contribution is 6.31. The fourth-order valence-corrected chi connectivity index (χ4v) is 3.05. The number of fused-ring (bicyclic) bond motifs is 1. The van der Waals surface area contributed by atoms with Gasteiger partial charge in [0.25, 0.3) is 0 Å². The van der Waals surface area contributed by atoms with Gasteiger partial charge in [0.1, 0.15) is 5.82 Å². The number of rotatable bonds is 4. The van der Waals surface area contributed by atoms with Gasteiger partial charge in [-0.25, -0.2) is 4.98 Å². The van der Waals surface area contributed by atoms with Crippen molar-refractivity contribution in [2.75, 3.05) is 25.0 Å². The van der Waals surface area contributed by atoms with Crippen molar-refractivity contribution < 1.29 is 4.79 Å². The number of piperidine rings is 1. The summed E-state index contributed by atoms with van der Waals surface area (Å²) in [5.41, 5.74) is 2.07. The largest absolute Gasteiger partial charge is 0.368 e. The predicted octanol–water partition coefficient (Wildman–Crippen LogP) is 3.62. The van der Waals surface area contributed by atoms with E-state index < -0.39 is 0 Å². The molecule has 1 aromatic carbocycles. The summed E-state index contributed by atoms with van der Waals surface area (Å²) in [6, 6.07) is 7.75. The number of pyridine rings is 1. The highest BCUT2D eigenvalue weighted by Gasteiger charge is 2.17. The molecule has 1 aliphatic heterocycles. The molecule has 4 nitrogen and oxygen atoms in total. The van der Waals surface area contributed by atoms with E-state index >= 15 is 0 Å². The lowest BCUT2D eigenvalue weighted by molar-refractivity contribution is -0.133. The van der Waals surface area contributed by atoms with E-state index in [-0.39, 0.29) is 5.91 Å². The minimum Gasteiger partial charge on any atom is -0.368 e. The molecular weight excluding hydrogens is 298 g/mol. The topological polar surface area (TPSA) is 45.2 Å². The van der Waals surface area contributed by atoms with Gasteiger partial charge >= 0.3 is 0 Å². The van der Waals surface area contributed by atoms with Crippen molar-refractivity contribution in [1.82, 2.24) is 9.88 Å². The lowest BCUT2D eigenvalue weighted by Gasteiger charge is -2.26. The fraction of sp³-hybridized carbons (Fsp3) is 0.412. The Labute approximate surface area is 135 Å². The van der Waals surface area contributed by atoms with Crippen molar-refractivity contribution in [3.05, 3.63) is 34.9 Å². The third-order valence-electron chi connectivity index (χ3n) is 4.09. The average Bonchev–Trinajstić information content (AvgIpc) is 2.50. The van der Waals surface area contributed by atoms with Crippen LogP contribution in [0, 0.1) is 6.92 Å². The standard InChI is InChI=1S/C17H20ClN3O/c1-12-10-16(20-15-6-5-13(18)11-14(12)15)19-7-9-21-8-3-2-4-17(21)22/h5-6,10-11H,2-4,7-9H2,1H3,(H,19,20). The number of aromatic nitrogens is 1. The zero-order chi connectivity index (χ0) is 15.5. The van der Waals surface area contributed by atoms with Crippen LogP contribution >= 0.6 is 11.6 Å². The number of halogens is 1. The molecule has 0 bridgehead atoms. The maximum Gasteiger partial charge on any atom is 0.222 e. The monoisotopic (exact) mass is 317 g/mol. The van der Waals surface area contributed by atoms with Gasteiger partial charge in [0, 0.05) is 36.5 Å². The molecule has 0 saturated carbocycles. The van der Waals surface area contributed by atoms with Gasteiger partial charge in [-0.05, 0) is 49.6 Å². The molecule has 1 fully saturated rings. The lowest BCUT2D eigenvalue weighted by Crippen LogP contribution is -2.38. The second kappa shape index (κ2) is 6.53. The van der Waals surface area contributed by atoms with Gasteiger partial charge < -0.3 is 10.2 Å². The Morgan fingerprint density at radius 3 is 3.00 bits per heavy atom. The lowest BCUT2D eigenvalue weighted by atomic mass is 10.1. The van der Waals surface area contributed by atoms with Gasteiger partial charge in [-0.15, -0.1) is 0 Å². The number of carbonyl (C=O) groups excluding carboxylic acids is 1. The summed E-state index contributed by atoms with van der Waals surface area (Å²) in [6.45, 7) is 4.39. The molecule has 1 aliphatic rings. The molecule has 0 atom stereocenters. The molecule has 0 spiro atoms. The van der Waals surface area contributed by atoms with Crippen molar-refractivity contribution in [2.45, 2.75) is 26.2 Å². The van der Waals surface area contributed by atoms with Gasteiger partial charge in [0.05, 0.1) is 5.52 Å². The van der Waals surface area contributed by atoms with Gasteiger partial charge in [-0.3, -0.25) is 4.79 Å². The quantitative estimate of drug-likeness (QED) is 0.936. The third-order valence-corrected chi connectivity index (χ3v) is 4.32. The number of aryl methyl sites for hydroxylation is 1. The minimum atomic E-state index is 0.269. The van der Waals surface area contributed by atoms with Crippen LogP contribution in [-0.2, 0) is 4.79 Å². The molecule has 1 N–H and O–H groups in total. The number of nitrogens with zero attached hydrogens (tertiary/aromatic N) is 2. The van der Waals surface area contributed by atoms with Gasteiger partial charge in [0.2, 0.25) is 5.91 Å².